The van der Waals surface area contributed by atoms with Gasteiger partial charge in [-0.3, -0.25) is 0 Å². The van der Waals surface area contributed by atoms with E-state index in [0.717, 1.165) is 25.7 Å². The molecule has 1 rings (SSSR count). The number of carbonyl (C=O) groups is 2. The minimum atomic E-state index is -0.396. The van der Waals surface area contributed by atoms with E-state index in [2.05, 4.69) is 27.7 Å². The summed E-state index contributed by atoms with van der Waals surface area (Å²) in [4.78, 5) is 24.2. The van der Waals surface area contributed by atoms with Crippen molar-refractivity contribution in [3.05, 3.63) is 35.4 Å². The van der Waals surface area contributed by atoms with E-state index < -0.39 is 11.9 Å². The largest absolute Gasteiger partial charge is 0.462 e. The average molecular weight is 334 g/mol. The first kappa shape index (κ1) is 20.2. The second kappa shape index (κ2) is 10.8. The Hall–Kier alpha value is -1.84. The van der Waals surface area contributed by atoms with Crippen molar-refractivity contribution in [3.8, 4) is 0 Å². The predicted molar refractivity (Wildman–Crippen MR) is 95.2 cm³/mol. The van der Waals surface area contributed by atoms with Crippen LogP contribution in [0.25, 0.3) is 0 Å². The van der Waals surface area contributed by atoms with Crippen LogP contribution in [0.2, 0.25) is 0 Å². The summed E-state index contributed by atoms with van der Waals surface area (Å²) >= 11 is 0. The maximum absolute atomic E-state index is 12.1. The van der Waals surface area contributed by atoms with Crippen LogP contribution < -0.4 is 0 Å². The highest BCUT2D eigenvalue weighted by molar-refractivity contribution is 5.95. The van der Waals surface area contributed by atoms with Crippen LogP contribution in [0.1, 0.15) is 74.1 Å². The smallest absolute Gasteiger partial charge is 0.338 e. The summed E-state index contributed by atoms with van der Waals surface area (Å²) in [6.07, 6.45) is 4.18. The van der Waals surface area contributed by atoms with Crippen LogP contribution >= 0.6 is 0 Å². The van der Waals surface area contributed by atoms with Crippen molar-refractivity contribution in [1.29, 1.82) is 0 Å². The molecule has 0 fully saturated rings. The lowest BCUT2D eigenvalue weighted by molar-refractivity contribution is 0.0441. The van der Waals surface area contributed by atoms with E-state index in [-0.39, 0.29) is 0 Å². The van der Waals surface area contributed by atoms with Gasteiger partial charge in [-0.15, -0.1) is 0 Å². The molecule has 2 atom stereocenters. The fourth-order valence-electron chi connectivity index (χ4n) is 2.53. The Balaban J connectivity index is 2.59. The molecular weight excluding hydrogens is 304 g/mol. The van der Waals surface area contributed by atoms with Gasteiger partial charge < -0.3 is 9.47 Å². The molecule has 134 valence electrons. The molecular formula is C20H30O4. The fraction of sp³-hybridized carbons (Fsp3) is 0.600. The molecule has 0 aliphatic heterocycles. The van der Waals surface area contributed by atoms with Crippen LogP contribution in [-0.4, -0.2) is 25.2 Å². The maximum atomic E-state index is 12.1. The van der Waals surface area contributed by atoms with Gasteiger partial charge in [0.15, 0.2) is 0 Å². The Morgan fingerprint density at radius 2 is 1.29 bits per heavy atom. The second-order valence-corrected chi connectivity index (χ2v) is 6.57. The Kier molecular flexibility index (Phi) is 9.13. The Morgan fingerprint density at radius 3 is 1.67 bits per heavy atom. The molecule has 2 unspecified atom stereocenters. The molecule has 24 heavy (non-hydrogen) atoms. The molecule has 0 aliphatic rings. The van der Waals surface area contributed by atoms with E-state index in [0.29, 0.717) is 36.2 Å². The van der Waals surface area contributed by atoms with Crippen molar-refractivity contribution >= 4 is 11.9 Å². The lowest BCUT2D eigenvalue weighted by Gasteiger charge is -2.12. The first-order chi connectivity index (χ1) is 11.5. The molecule has 0 saturated carbocycles. The third kappa shape index (κ3) is 7.16. The van der Waals surface area contributed by atoms with Gasteiger partial charge in [-0.1, -0.05) is 46.6 Å². The SMILES string of the molecule is CCCC(C)COC(=O)c1cccc(C(=O)OCC(C)CCC)c1. The van der Waals surface area contributed by atoms with E-state index >= 15 is 0 Å². The van der Waals surface area contributed by atoms with Gasteiger partial charge in [0.2, 0.25) is 0 Å². The molecule has 0 aromatic heterocycles. The Labute approximate surface area is 145 Å². The average Bonchev–Trinajstić information content (AvgIpc) is 2.58. The topological polar surface area (TPSA) is 52.6 Å². The summed E-state index contributed by atoms with van der Waals surface area (Å²) in [6.45, 7) is 9.12. The van der Waals surface area contributed by atoms with Gasteiger partial charge in [-0.05, 0) is 42.9 Å². The number of carbonyl (C=O) groups excluding carboxylic acids is 2. The highest BCUT2D eigenvalue weighted by Gasteiger charge is 2.14. The van der Waals surface area contributed by atoms with Gasteiger partial charge >= 0.3 is 11.9 Å². The summed E-state index contributed by atoms with van der Waals surface area (Å²) in [5, 5.41) is 0. The summed E-state index contributed by atoms with van der Waals surface area (Å²) in [5.74, 6) is -0.113. The molecule has 1 aromatic rings. The van der Waals surface area contributed by atoms with Crippen LogP contribution in [-0.2, 0) is 9.47 Å². The summed E-state index contributed by atoms with van der Waals surface area (Å²) in [5.41, 5.74) is 0.768. The van der Waals surface area contributed by atoms with E-state index in [1.54, 1.807) is 24.3 Å². The van der Waals surface area contributed by atoms with Gasteiger partial charge in [0.05, 0.1) is 24.3 Å². The van der Waals surface area contributed by atoms with Gasteiger partial charge in [0, 0.05) is 0 Å². The van der Waals surface area contributed by atoms with Crippen molar-refractivity contribution in [3.63, 3.8) is 0 Å². The van der Waals surface area contributed by atoms with Gasteiger partial charge in [-0.2, -0.15) is 0 Å². The van der Waals surface area contributed by atoms with E-state index in [1.165, 1.54) is 0 Å². The van der Waals surface area contributed by atoms with E-state index in [9.17, 15) is 9.59 Å². The van der Waals surface area contributed by atoms with Crippen LogP contribution in [0, 0.1) is 11.8 Å². The lowest BCUT2D eigenvalue weighted by Crippen LogP contribution is -2.14. The molecule has 0 radical (unpaired) electrons. The fourth-order valence-corrected chi connectivity index (χ4v) is 2.53. The highest BCUT2D eigenvalue weighted by atomic mass is 16.5. The van der Waals surface area contributed by atoms with Crippen LogP contribution in [0.4, 0.5) is 0 Å². The molecule has 0 bridgehead atoms. The minimum absolute atomic E-state index is 0.340. The number of benzene rings is 1. The van der Waals surface area contributed by atoms with E-state index in [1.807, 2.05) is 0 Å². The maximum Gasteiger partial charge on any atom is 0.338 e. The molecule has 0 aliphatic carbocycles. The third-order valence-corrected chi connectivity index (χ3v) is 3.89. The first-order valence-corrected chi connectivity index (χ1v) is 8.92. The molecule has 0 spiro atoms. The molecule has 4 nitrogen and oxygen atoms in total. The summed E-state index contributed by atoms with van der Waals surface area (Å²) in [6, 6.07) is 6.53. The third-order valence-electron chi connectivity index (χ3n) is 3.89. The zero-order chi connectivity index (χ0) is 17.9. The van der Waals surface area contributed by atoms with Gasteiger partial charge in [0.1, 0.15) is 0 Å². The number of ether oxygens (including phenoxy) is 2. The summed E-state index contributed by atoms with van der Waals surface area (Å²) < 4.78 is 10.6. The number of hydrogen-bond acceptors (Lipinski definition) is 4. The van der Waals surface area contributed by atoms with Gasteiger partial charge in [-0.25, -0.2) is 9.59 Å². The normalized spacial score (nSPS) is 13.2. The number of rotatable bonds is 10. The lowest BCUT2D eigenvalue weighted by atomic mass is 10.1. The molecule has 4 heteroatoms. The standard InChI is InChI=1S/C20H30O4/c1-5-8-15(3)13-23-19(21)17-10-7-11-18(12-17)20(22)24-14-16(4)9-6-2/h7,10-12,15-16H,5-6,8-9,13-14H2,1-4H3. The van der Waals surface area contributed by atoms with Gasteiger partial charge in [0.25, 0.3) is 0 Å². The molecule has 0 heterocycles. The second-order valence-electron chi connectivity index (χ2n) is 6.57. The van der Waals surface area contributed by atoms with Crippen molar-refractivity contribution in [2.24, 2.45) is 11.8 Å². The quantitative estimate of drug-likeness (QED) is 0.573. The monoisotopic (exact) mass is 334 g/mol. The predicted octanol–water partition coefficient (Wildman–Crippen LogP) is 4.87. The first-order valence-electron chi connectivity index (χ1n) is 8.92. The molecule has 0 saturated heterocycles. The van der Waals surface area contributed by atoms with Crippen LogP contribution in [0.3, 0.4) is 0 Å². The van der Waals surface area contributed by atoms with E-state index in [4.69, 9.17) is 9.47 Å². The minimum Gasteiger partial charge on any atom is -0.462 e. The number of hydrogen-bond donors (Lipinski definition) is 0. The Bertz CT molecular complexity index is 481. The van der Waals surface area contributed by atoms with Crippen molar-refractivity contribution in [2.45, 2.75) is 53.4 Å². The van der Waals surface area contributed by atoms with Crippen molar-refractivity contribution in [1.82, 2.24) is 0 Å². The molecule has 0 amide bonds. The molecule has 1 aromatic carbocycles. The number of esters is 2. The highest BCUT2D eigenvalue weighted by Crippen LogP contribution is 2.12. The van der Waals surface area contributed by atoms with Crippen LogP contribution in [0.5, 0.6) is 0 Å². The van der Waals surface area contributed by atoms with Crippen molar-refractivity contribution in [2.75, 3.05) is 13.2 Å². The van der Waals surface area contributed by atoms with Crippen LogP contribution in [0.15, 0.2) is 24.3 Å². The Morgan fingerprint density at radius 1 is 0.875 bits per heavy atom. The zero-order valence-corrected chi connectivity index (χ0v) is 15.3. The zero-order valence-electron chi connectivity index (χ0n) is 15.3. The van der Waals surface area contributed by atoms with Crippen molar-refractivity contribution < 1.29 is 19.1 Å². The summed E-state index contributed by atoms with van der Waals surface area (Å²) in [7, 11) is 0. The molecule has 0 N–H and O–H groups in total.